The third-order valence-corrected chi connectivity index (χ3v) is 11.1. The molecule has 0 amide bonds. The minimum atomic E-state index is -1.30. The maximum atomic E-state index is 9.76. The fourth-order valence-corrected chi connectivity index (χ4v) is 8.21. The lowest BCUT2D eigenvalue weighted by atomic mass is 9.80. The Kier molecular flexibility index (Phi) is 6.47. The molecule has 0 aliphatic carbocycles. The molecule has 1 unspecified atom stereocenters. The number of fused-ring (bicyclic) bond motifs is 6. The first-order valence-corrected chi connectivity index (χ1v) is 19.4. The van der Waals surface area contributed by atoms with Gasteiger partial charge >= 0.3 is 0 Å². The number of hydrogen-bond acceptors (Lipinski definition) is 1. The third kappa shape index (κ3) is 5.97. The van der Waals surface area contributed by atoms with Crippen molar-refractivity contribution in [3.63, 3.8) is 0 Å². The molecule has 1 nitrogen and oxygen atoms in total. The highest BCUT2D eigenvalue weighted by Gasteiger charge is 2.23. The largest absolute Gasteiger partial charge is 0.455 e. The van der Waals surface area contributed by atoms with Crippen LogP contribution >= 0.6 is 0 Å². The van der Waals surface area contributed by atoms with E-state index in [0.717, 1.165) is 49.0 Å². The van der Waals surface area contributed by atoms with Gasteiger partial charge in [-0.05, 0) is 83.9 Å². The molecule has 0 bridgehead atoms. The lowest BCUT2D eigenvalue weighted by Gasteiger charge is -2.23. The van der Waals surface area contributed by atoms with Crippen LogP contribution in [0.15, 0.2) is 229 Å². The van der Waals surface area contributed by atoms with Crippen LogP contribution in [-0.2, 0) is 0 Å². The van der Waals surface area contributed by atoms with Gasteiger partial charge in [0.15, 0.2) is 0 Å². The van der Waals surface area contributed by atoms with Crippen molar-refractivity contribution in [3.8, 4) is 44.5 Å². The molecule has 272 valence electrons. The summed E-state index contributed by atoms with van der Waals surface area (Å²) in [5, 5.41) is 5.63. The lowest BCUT2D eigenvalue weighted by Crippen LogP contribution is -2.05. The smallest absolute Gasteiger partial charge is 0.143 e. The van der Waals surface area contributed by atoms with E-state index in [1.807, 2.05) is 146 Å². The summed E-state index contributed by atoms with van der Waals surface area (Å²) in [6.45, 7) is 0. The molecule has 1 heterocycles. The second-order valence-corrected chi connectivity index (χ2v) is 14.6. The molecule has 58 heavy (non-hydrogen) atoms. The molecule has 1 atom stereocenters. The molecule has 11 aromatic rings. The third-order valence-electron chi connectivity index (χ3n) is 11.1. The Balaban J connectivity index is 1.17. The molecule has 0 saturated carbocycles. The summed E-state index contributed by atoms with van der Waals surface area (Å²) in [6.07, 6.45) is 0. The maximum absolute atomic E-state index is 9.76. The average Bonchev–Trinajstić information content (AvgIpc) is 3.75. The van der Waals surface area contributed by atoms with E-state index in [9.17, 15) is 11.0 Å². The second kappa shape index (κ2) is 14.2. The van der Waals surface area contributed by atoms with Crippen molar-refractivity contribution in [3.05, 3.63) is 241 Å². The van der Waals surface area contributed by atoms with Crippen molar-refractivity contribution >= 4 is 43.5 Å². The van der Waals surface area contributed by atoms with Gasteiger partial charge in [0.2, 0.25) is 0 Å². The number of furan rings is 1. The molecule has 0 radical (unpaired) electrons. The standard InChI is InChI=1S/C57H38O/c1-2-11-38(12-3-1)40-21-23-41(24-22-40)42-25-30-45(31-26-42)55(46-32-27-43(28-33-46)48-34-29-39-13-4-5-15-47(39)37-48)51-18-9-8-17-50(51)52-19-10-20-53-54-36-35-44-14-6-7-16-49(44)56(54)58-57(52)53/h1-37,55H/i25D,26D,27D,28D,30D,31D,32D,33D. The summed E-state index contributed by atoms with van der Waals surface area (Å²) in [4.78, 5) is 0. The van der Waals surface area contributed by atoms with Crippen LogP contribution in [0.4, 0.5) is 0 Å². The molecule has 0 spiro atoms. The van der Waals surface area contributed by atoms with Crippen LogP contribution in [-0.4, -0.2) is 0 Å². The van der Waals surface area contributed by atoms with Gasteiger partial charge in [-0.15, -0.1) is 0 Å². The quantitative estimate of drug-likeness (QED) is 0.148. The second-order valence-electron chi connectivity index (χ2n) is 14.6. The highest BCUT2D eigenvalue weighted by molar-refractivity contribution is 6.17. The van der Waals surface area contributed by atoms with Crippen LogP contribution in [0, 0.1) is 0 Å². The highest BCUT2D eigenvalue weighted by atomic mass is 16.3. The molecule has 0 fully saturated rings. The van der Waals surface area contributed by atoms with E-state index in [4.69, 9.17) is 4.42 Å². The van der Waals surface area contributed by atoms with Gasteiger partial charge in [-0.25, -0.2) is 0 Å². The SMILES string of the molecule is [2H]c1c([2H])c(C(c2ccccc2-c2cccc3c2oc2c4ccccc4ccc32)c2c([2H])c([2H])c(-c3ccc4ccccc4c3)c([2H])c2[2H])c([2H])c([2H])c1-c1ccc(-c2ccccc2)cc1. The molecular formula is C57H38O. The molecule has 11 rings (SSSR count). The van der Waals surface area contributed by atoms with Crippen molar-refractivity contribution in [1.82, 2.24) is 0 Å². The first-order valence-electron chi connectivity index (χ1n) is 23.4. The summed E-state index contributed by atoms with van der Waals surface area (Å²) in [5.74, 6) is -1.30. The number of benzene rings is 10. The molecule has 10 aromatic carbocycles. The van der Waals surface area contributed by atoms with E-state index < -0.39 is 5.92 Å². The van der Waals surface area contributed by atoms with E-state index in [2.05, 4.69) is 6.07 Å². The Bertz CT molecular complexity index is 3690. The first-order chi connectivity index (χ1) is 32.1. The summed E-state index contributed by atoms with van der Waals surface area (Å²) >= 11 is 0. The van der Waals surface area contributed by atoms with E-state index in [1.54, 1.807) is 24.3 Å². The van der Waals surface area contributed by atoms with Crippen molar-refractivity contribution in [1.29, 1.82) is 0 Å². The Morgan fingerprint density at radius 2 is 0.845 bits per heavy atom. The molecular weight excluding hydrogens is 701 g/mol. The van der Waals surface area contributed by atoms with E-state index in [1.165, 1.54) is 0 Å². The molecule has 1 heteroatoms. The maximum Gasteiger partial charge on any atom is 0.143 e. The normalized spacial score (nSPS) is 14.0. The zero-order valence-electron chi connectivity index (χ0n) is 39.2. The van der Waals surface area contributed by atoms with Gasteiger partial charge in [-0.3, -0.25) is 0 Å². The van der Waals surface area contributed by atoms with Crippen molar-refractivity contribution in [2.24, 2.45) is 0 Å². The molecule has 1 aromatic heterocycles. The van der Waals surface area contributed by atoms with Crippen LogP contribution in [0.25, 0.3) is 88.0 Å². The number of rotatable bonds is 7. The topological polar surface area (TPSA) is 13.1 Å². The van der Waals surface area contributed by atoms with Crippen molar-refractivity contribution in [2.45, 2.75) is 5.92 Å². The van der Waals surface area contributed by atoms with Crippen molar-refractivity contribution < 1.29 is 15.4 Å². The van der Waals surface area contributed by atoms with Crippen LogP contribution in [0.1, 0.15) is 33.6 Å². The number of hydrogen-bond donors (Lipinski definition) is 0. The first kappa shape index (κ1) is 26.4. The van der Waals surface area contributed by atoms with Gasteiger partial charge in [0.25, 0.3) is 0 Å². The molecule has 0 aliphatic rings. The van der Waals surface area contributed by atoms with Gasteiger partial charge < -0.3 is 4.42 Å². The van der Waals surface area contributed by atoms with Crippen LogP contribution in [0.3, 0.4) is 0 Å². The minimum absolute atomic E-state index is 0.0643. The van der Waals surface area contributed by atoms with E-state index >= 15 is 0 Å². The molecule has 0 N–H and O–H groups in total. The van der Waals surface area contributed by atoms with Gasteiger partial charge in [0, 0.05) is 27.6 Å². The number of para-hydroxylation sites is 1. The summed E-state index contributed by atoms with van der Waals surface area (Å²) in [6, 6.07) is 53.4. The Hall–Kier alpha value is -7.48. The zero-order chi connectivity index (χ0) is 45.4. The van der Waals surface area contributed by atoms with Gasteiger partial charge in [0.1, 0.15) is 11.2 Å². The lowest BCUT2D eigenvalue weighted by molar-refractivity contribution is 0.673. The Labute approximate surface area is 349 Å². The van der Waals surface area contributed by atoms with Gasteiger partial charge in [-0.1, -0.05) is 212 Å². The van der Waals surface area contributed by atoms with Gasteiger partial charge in [-0.2, -0.15) is 0 Å². The van der Waals surface area contributed by atoms with Crippen LogP contribution in [0.5, 0.6) is 0 Å². The van der Waals surface area contributed by atoms with Crippen molar-refractivity contribution in [2.75, 3.05) is 0 Å². The predicted octanol–water partition coefficient (Wildman–Crippen LogP) is 15.7. The van der Waals surface area contributed by atoms with E-state index in [0.29, 0.717) is 33.4 Å². The fraction of sp³-hybridized carbons (Fsp3) is 0.0175. The average molecular weight is 747 g/mol. The molecule has 0 aliphatic heterocycles. The zero-order valence-corrected chi connectivity index (χ0v) is 31.2. The monoisotopic (exact) mass is 746 g/mol. The van der Waals surface area contributed by atoms with Crippen LogP contribution in [0.2, 0.25) is 0 Å². The highest BCUT2D eigenvalue weighted by Crippen LogP contribution is 2.44. The summed E-state index contributed by atoms with van der Waals surface area (Å²) in [5.41, 5.74) is 6.15. The summed E-state index contributed by atoms with van der Waals surface area (Å²) in [7, 11) is 0. The van der Waals surface area contributed by atoms with Gasteiger partial charge in [0.05, 0.1) is 11.0 Å². The summed E-state index contributed by atoms with van der Waals surface area (Å²) < 4.78 is 84.0. The fourth-order valence-electron chi connectivity index (χ4n) is 8.21. The minimum Gasteiger partial charge on any atom is -0.455 e. The Morgan fingerprint density at radius 1 is 0.328 bits per heavy atom. The Morgan fingerprint density at radius 3 is 1.60 bits per heavy atom. The predicted molar refractivity (Wildman–Crippen MR) is 244 cm³/mol. The van der Waals surface area contributed by atoms with E-state index in [-0.39, 0.29) is 70.6 Å². The van der Waals surface area contributed by atoms with Crippen LogP contribution < -0.4 is 0 Å². The molecule has 0 saturated heterocycles.